The van der Waals surface area contributed by atoms with E-state index in [1.165, 1.54) is 5.56 Å². The van der Waals surface area contributed by atoms with Gasteiger partial charge in [0.1, 0.15) is 5.75 Å². The summed E-state index contributed by atoms with van der Waals surface area (Å²) < 4.78 is 8.02. The molecule has 3 heteroatoms. The molecule has 1 aromatic rings. The van der Waals surface area contributed by atoms with E-state index in [2.05, 4.69) is 11.9 Å². The Hall–Kier alpha value is -0.670. The van der Waals surface area contributed by atoms with Crippen LogP contribution in [0.25, 0.3) is 0 Å². The number of aromatic hydroxyl groups is 1. The smallest absolute Gasteiger partial charge is 0.115 e. The second-order valence-corrected chi connectivity index (χ2v) is 5.73. The predicted molar refractivity (Wildman–Crippen MR) is 68.1 cm³/mol. The van der Waals surface area contributed by atoms with Gasteiger partial charge in [-0.15, -0.1) is 0 Å². The third-order valence-electron chi connectivity index (χ3n) is 3.87. The van der Waals surface area contributed by atoms with Gasteiger partial charge in [0.05, 0.1) is 0 Å². The first-order valence-electron chi connectivity index (χ1n) is 6.27. The van der Waals surface area contributed by atoms with E-state index in [9.17, 15) is 5.11 Å². The Morgan fingerprint density at radius 3 is 3.25 bits per heavy atom. The van der Waals surface area contributed by atoms with E-state index in [1.54, 1.807) is 12.1 Å². The minimum atomic E-state index is -0.399. The summed E-state index contributed by atoms with van der Waals surface area (Å²) in [6.45, 7) is 0.971. The van der Waals surface area contributed by atoms with Crippen LogP contribution < -0.4 is 0 Å². The third-order valence-corrected chi connectivity index (χ3v) is 4.48. The van der Waals surface area contributed by atoms with Crippen LogP contribution >= 0.6 is 12.6 Å². The molecule has 1 N–H and O–H groups in total. The Balaban J connectivity index is 2.16. The molecule has 1 aromatic carbocycles. The van der Waals surface area contributed by atoms with Gasteiger partial charge < -0.3 is 10.0 Å². The van der Waals surface area contributed by atoms with Gasteiger partial charge in [-0.2, -0.15) is 12.6 Å². The monoisotopic (exact) mass is 237 g/mol. The van der Waals surface area contributed by atoms with Crippen molar-refractivity contribution in [2.24, 2.45) is 0 Å². The highest BCUT2D eigenvalue weighted by Gasteiger charge is 2.42. The zero-order chi connectivity index (χ0) is 12.2. The molecule has 0 spiro atoms. The molecule has 1 aliphatic carbocycles. The molecule has 3 atom stereocenters. The molecule has 2 bridgehead atoms. The summed E-state index contributed by atoms with van der Waals surface area (Å²) in [4.78, 5) is 2.27. The molecule has 0 radical (unpaired) electrons. The standard InChI is InChI=1S/C13H17NOS/c1-14-5-4-13(16)8-10(14)6-9-2-3-11(15)7-12(9)13/h2-3,7,10,15-16H,4-6,8H2,1H3/t10?,13-/m1/s1/i8T/t8?,10?,13-. The zero-order valence-corrected chi connectivity index (χ0v) is 10.2. The Kier molecular flexibility index (Phi) is 2.00. The summed E-state index contributed by atoms with van der Waals surface area (Å²) in [6, 6.07) is 5.76. The maximum absolute atomic E-state index is 9.63. The highest BCUT2D eigenvalue weighted by molar-refractivity contribution is 7.81. The number of phenols is 1. The number of piperidine rings is 1. The topological polar surface area (TPSA) is 23.5 Å². The number of likely N-dealkylation sites (tertiary alicyclic amines) is 1. The second kappa shape index (κ2) is 3.41. The van der Waals surface area contributed by atoms with Crippen molar-refractivity contribution in [1.29, 1.82) is 0 Å². The number of nitrogens with zero attached hydrogens (tertiary/aromatic N) is 1. The number of thiol groups is 1. The van der Waals surface area contributed by atoms with E-state index < -0.39 is 4.75 Å². The molecule has 1 aliphatic heterocycles. The summed E-state index contributed by atoms with van der Waals surface area (Å²) in [5.41, 5.74) is 2.29. The van der Waals surface area contributed by atoms with Crippen molar-refractivity contribution < 1.29 is 6.48 Å². The maximum Gasteiger partial charge on any atom is 0.115 e. The largest absolute Gasteiger partial charge is 0.508 e. The fraction of sp³-hybridized carbons (Fsp3) is 0.538. The molecule has 2 unspecified atom stereocenters. The highest BCUT2D eigenvalue weighted by Crippen LogP contribution is 2.47. The number of hydrogen-bond donors (Lipinski definition) is 2. The van der Waals surface area contributed by atoms with E-state index in [0.29, 0.717) is 0 Å². The van der Waals surface area contributed by atoms with Gasteiger partial charge in [-0.05, 0) is 56.1 Å². The first-order chi connectivity index (χ1) is 8.02. The van der Waals surface area contributed by atoms with Crippen LogP contribution in [-0.4, -0.2) is 29.6 Å². The molecule has 0 saturated carbocycles. The Morgan fingerprint density at radius 1 is 1.62 bits per heavy atom. The van der Waals surface area contributed by atoms with Crippen molar-refractivity contribution in [2.45, 2.75) is 30.0 Å². The minimum absolute atomic E-state index is 0.223. The van der Waals surface area contributed by atoms with Crippen LogP contribution in [0.5, 0.6) is 5.75 Å². The van der Waals surface area contributed by atoms with Gasteiger partial charge in [0, 0.05) is 12.2 Å². The minimum Gasteiger partial charge on any atom is -0.508 e. The number of rotatable bonds is 0. The molecule has 1 saturated heterocycles. The molecular weight excluding hydrogens is 218 g/mol. The average Bonchev–Trinajstić information content (AvgIpc) is 2.30. The van der Waals surface area contributed by atoms with Crippen LogP contribution in [-0.2, 0) is 11.2 Å². The van der Waals surface area contributed by atoms with Gasteiger partial charge in [0.2, 0.25) is 0 Å². The van der Waals surface area contributed by atoms with Gasteiger partial charge in [-0.1, -0.05) is 6.07 Å². The van der Waals surface area contributed by atoms with E-state index in [1.807, 2.05) is 6.07 Å². The lowest BCUT2D eigenvalue weighted by Crippen LogP contribution is -2.49. The van der Waals surface area contributed by atoms with Crippen LogP contribution in [0.1, 0.15) is 25.3 Å². The van der Waals surface area contributed by atoms with Crippen LogP contribution in [0.4, 0.5) is 0 Å². The molecule has 0 amide bonds. The van der Waals surface area contributed by atoms with Crippen molar-refractivity contribution in [1.82, 2.24) is 4.90 Å². The summed E-state index contributed by atoms with van der Waals surface area (Å²) in [5, 5.41) is 9.63. The number of likely N-dealkylation sites (N-methyl/N-ethyl adjacent to an activating group) is 1. The van der Waals surface area contributed by atoms with Crippen LogP contribution in [0.15, 0.2) is 18.2 Å². The number of phenolic OH excluding ortho intramolecular Hbond substituents is 1. The zero-order valence-electron chi connectivity index (χ0n) is 10.3. The molecule has 1 fully saturated rings. The molecule has 1 heterocycles. The van der Waals surface area contributed by atoms with Crippen LogP contribution in [0, 0.1) is 0 Å². The van der Waals surface area contributed by atoms with Gasteiger partial charge in [-0.3, -0.25) is 0 Å². The first kappa shape index (κ1) is 9.37. The maximum atomic E-state index is 9.63. The lowest BCUT2D eigenvalue weighted by Gasteiger charge is -2.48. The number of hydrogen-bond acceptors (Lipinski definition) is 3. The Labute approximate surface area is 103 Å². The normalized spacial score (nSPS) is 39.0. The lowest BCUT2D eigenvalue weighted by molar-refractivity contribution is 0.145. The molecule has 3 rings (SSSR count). The van der Waals surface area contributed by atoms with Gasteiger partial charge in [-0.25, -0.2) is 0 Å². The first-order valence-corrected chi connectivity index (χ1v) is 6.14. The summed E-state index contributed by atoms with van der Waals surface area (Å²) in [7, 11) is 2.09. The highest BCUT2D eigenvalue weighted by atomic mass is 32.1. The van der Waals surface area contributed by atoms with Crippen molar-refractivity contribution in [3.63, 3.8) is 0 Å². The molecule has 2 nitrogen and oxygen atoms in total. The predicted octanol–water partition coefficient (Wildman–Crippen LogP) is 2.17. The Morgan fingerprint density at radius 2 is 2.44 bits per heavy atom. The SMILES string of the molecule is [3H]C1C2Cc3ccc(O)cc3[C@@]1(S)CCN2C. The fourth-order valence-electron chi connectivity index (χ4n) is 2.85. The van der Waals surface area contributed by atoms with Crippen molar-refractivity contribution >= 4 is 12.6 Å². The molecule has 16 heavy (non-hydrogen) atoms. The molecule has 2 aliphatic rings. The lowest BCUT2D eigenvalue weighted by atomic mass is 9.74. The van der Waals surface area contributed by atoms with Crippen molar-refractivity contribution in [3.8, 4) is 5.75 Å². The van der Waals surface area contributed by atoms with Crippen LogP contribution in [0.2, 0.25) is 0 Å². The van der Waals surface area contributed by atoms with Crippen molar-refractivity contribution in [3.05, 3.63) is 29.3 Å². The fourth-order valence-corrected chi connectivity index (χ4v) is 3.33. The summed E-state index contributed by atoms with van der Waals surface area (Å²) >= 11 is 4.80. The quantitative estimate of drug-likeness (QED) is 0.676. The summed E-state index contributed by atoms with van der Waals surface area (Å²) in [6.07, 6.45) is 1.54. The molecule has 0 aromatic heterocycles. The van der Waals surface area contributed by atoms with Gasteiger partial charge in [0.15, 0.2) is 0 Å². The van der Waals surface area contributed by atoms with Crippen LogP contribution in [0.3, 0.4) is 0 Å². The second-order valence-electron chi connectivity index (χ2n) is 4.93. The van der Waals surface area contributed by atoms with E-state index in [4.69, 9.17) is 14.0 Å². The van der Waals surface area contributed by atoms with Gasteiger partial charge in [0.25, 0.3) is 0 Å². The average molecular weight is 237 g/mol. The summed E-state index contributed by atoms with van der Waals surface area (Å²) in [5.74, 6) is 0.279. The van der Waals surface area contributed by atoms with E-state index in [-0.39, 0.29) is 18.2 Å². The number of benzene rings is 1. The molecule has 86 valence electrons. The third kappa shape index (κ3) is 1.45. The van der Waals surface area contributed by atoms with Crippen molar-refractivity contribution in [2.75, 3.05) is 13.6 Å². The van der Waals surface area contributed by atoms with E-state index in [0.717, 1.165) is 24.9 Å². The number of fused-ring (bicyclic) bond motifs is 4. The Bertz CT molecular complexity index is 467. The molecular formula is C13H17NOS. The van der Waals surface area contributed by atoms with Gasteiger partial charge >= 0.3 is 0 Å². The van der Waals surface area contributed by atoms with E-state index >= 15 is 0 Å².